The summed E-state index contributed by atoms with van der Waals surface area (Å²) < 4.78 is 1.80. The number of hydrogen-bond donors (Lipinski definition) is 1. The third-order valence-corrected chi connectivity index (χ3v) is 6.84. The van der Waals surface area contributed by atoms with Crippen molar-refractivity contribution in [3.05, 3.63) is 95.6 Å². The molecule has 5 heteroatoms. The van der Waals surface area contributed by atoms with E-state index in [-0.39, 0.29) is 5.91 Å². The van der Waals surface area contributed by atoms with Crippen LogP contribution in [0.4, 0.5) is 0 Å². The Labute approximate surface area is 205 Å². The molecule has 172 valence electrons. The topological polar surface area (TPSA) is 46.9 Å². The van der Waals surface area contributed by atoms with E-state index in [1.165, 1.54) is 32.1 Å². The van der Waals surface area contributed by atoms with Gasteiger partial charge in [0.05, 0.1) is 23.1 Å². The van der Waals surface area contributed by atoms with E-state index in [0.29, 0.717) is 23.0 Å². The van der Waals surface area contributed by atoms with Crippen LogP contribution < -0.4 is 5.32 Å². The van der Waals surface area contributed by atoms with E-state index in [4.69, 9.17) is 11.6 Å². The maximum atomic E-state index is 13.3. The zero-order valence-corrected chi connectivity index (χ0v) is 19.8. The largest absolute Gasteiger partial charge is 0.352 e. The SMILES string of the molecule is O=C(NCC1CCCCC1)c1cnn(-c2cccc(Cl)c2)c1-c1ccc(-c2ccccc2)cc1. The first-order valence-corrected chi connectivity index (χ1v) is 12.3. The minimum absolute atomic E-state index is 0.0824. The molecular formula is C29H28ClN3O. The quantitative estimate of drug-likeness (QED) is 0.325. The molecule has 34 heavy (non-hydrogen) atoms. The van der Waals surface area contributed by atoms with Gasteiger partial charge in [0.2, 0.25) is 0 Å². The van der Waals surface area contributed by atoms with Crippen molar-refractivity contribution in [2.45, 2.75) is 32.1 Å². The standard InChI is InChI=1S/C29H28ClN3O/c30-25-12-7-13-26(18-25)33-28(24-16-14-23(15-17-24)22-10-5-2-6-11-22)27(20-32-33)29(34)31-19-21-8-3-1-4-9-21/h2,5-7,10-18,20-21H,1,3-4,8-9,19H2,(H,31,34). The highest BCUT2D eigenvalue weighted by atomic mass is 35.5. The van der Waals surface area contributed by atoms with Crippen LogP contribution in [0.3, 0.4) is 0 Å². The van der Waals surface area contributed by atoms with Crippen LogP contribution in [0.5, 0.6) is 0 Å². The molecule has 1 fully saturated rings. The van der Waals surface area contributed by atoms with Crippen LogP contribution in [0.25, 0.3) is 28.1 Å². The first kappa shape index (κ1) is 22.4. The van der Waals surface area contributed by atoms with Crippen LogP contribution in [0, 0.1) is 5.92 Å². The molecular weight excluding hydrogens is 442 g/mol. The molecule has 1 aliphatic rings. The Morgan fingerprint density at radius 1 is 0.882 bits per heavy atom. The maximum Gasteiger partial charge on any atom is 0.255 e. The highest BCUT2D eigenvalue weighted by Gasteiger charge is 2.22. The normalized spacial score (nSPS) is 14.1. The predicted molar refractivity (Wildman–Crippen MR) is 138 cm³/mol. The van der Waals surface area contributed by atoms with Gasteiger partial charge in [0.15, 0.2) is 0 Å². The number of halogens is 1. The van der Waals surface area contributed by atoms with E-state index >= 15 is 0 Å². The third kappa shape index (κ3) is 4.92. The van der Waals surface area contributed by atoms with Gasteiger partial charge in [-0.1, -0.05) is 91.5 Å². The number of nitrogens with zero attached hydrogens (tertiary/aromatic N) is 2. The Hall–Kier alpha value is -3.37. The van der Waals surface area contributed by atoms with Crippen LogP contribution in [-0.2, 0) is 0 Å². The molecule has 4 nitrogen and oxygen atoms in total. The number of carbonyl (C=O) groups excluding carboxylic acids is 1. The number of carbonyl (C=O) groups is 1. The monoisotopic (exact) mass is 469 g/mol. The molecule has 0 saturated heterocycles. The summed E-state index contributed by atoms with van der Waals surface area (Å²) in [5.41, 5.74) is 5.37. The lowest BCUT2D eigenvalue weighted by Crippen LogP contribution is -2.30. The Kier molecular flexibility index (Phi) is 6.77. The molecule has 3 aromatic carbocycles. The van der Waals surface area contributed by atoms with Gasteiger partial charge in [-0.2, -0.15) is 5.10 Å². The van der Waals surface area contributed by atoms with Crippen molar-refractivity contribution in [3.8, 4) is 28.1 Å². The van der Waals surface area contributed by atoms with Crippen molar-refractivity contribution in [3.63, 3.8) is 0 Å². The van der Waals surface area contributed by atoms with E-state index in [2.05, 4.69) is 46.8 Å². The summed E-state index contributed by atoms with van der Waals surface area (Å²) in [6.07, 6.45) is 7.86. The lowest BCUT2D eigenvalue weighted by Gasteiger charge is -2.21. The second-order valence-corrected chi connectivity index (χ2v) is 9.39. The first-order valence-electron chi connectivity index (χ1n) is 12.0. The lowest BCUT2D eigenvalue weighted by molar-refractivity contribution is 0.0944. The van der Waals surface area contributed by atoms with Gasteiger partial charge < -0.3 is 5.32 Å². The summed E-state index contributed by atoms with van der Waals surface area (Å²) >= 11 is 6.27. The van der Waals surface area contributed by atoms with Gasteiger partial charge in [0.25, 0.3) is 5.91 Å². The molecule has 0 atom stereocenters. The molecule has 1 aliphatic carbocycles. The van der Waals surface area contributed by atoms with Crippen molar-refractivity contribution >= 4 is 17.5 Å². The van der Waals surface area contributed by atoms with Crippen molar-refractivity contribution in [2.24, 2.45) is 5.92 Å². The maximum absolute atomic E-state index is 13.3. The highest BCUT2D eigenvalue weighted by Crippen LogP contribution is 2.30. The molecule has 5 rings (SSSR count). The minimum Gasteiger partial charge on any atom is -0.352 e. The van der Waals surface area contributed by atoms with Crippen molar-refractivity contribution < 1.29 is 4.79 Å². The Morgan fingerprint density at radius 3 is 2.32 bits per heavy atom. The summed E-state index contributed by atoms with van der Waals surface area (Å²) in [7, 11) is 0. The van der Waals surface area contributed by atoms with Crippen molar-refractivity contribution in [1.29, 1.82) is 0 Å². The molecule has 1 heterocycles. The van der Waals surface area contributed by atoms with Gasteiger partial charge in [0, 0.05) is 17.1 Å². The Morgan fingerprint density at radius 2 is 1.59 bits per heavy atom. The van der Waals surface area contributed by atoms with E-state index in [1.54, 1.807) is 10.9 Å². The number of aromatic nitrogens is 2. The van der Waals surface area contributed by atoms with Gasteiger partial charge in [-0.15, -0.1) is 0 Å². The fraction of sp³-hybridized carbons (Fsp3) is 0.241. The van der Waals surface area contributed by atoms with Gasteiger partial charge >= 0.3 is 0 Å². The fourth-order valence-electron chi connectivity index (χ4n) is 4.77. The molecule has 0 spiro atoms. The summed E-state index contributed by atoms with van der Waals surface area (Å²) in [6.45, 7) is 0.716. The average Bonchev–Trinajstić information content (AvgIpc) is 3.34. The van der Waals surface area contributed by atoms with Crippen LogP contribution in [0.15, 0.2) is 85.1 Å². The summed E-state index contributed by atoms with van der Waals surface area (Å²) in [4.78, 5) is 13.3. The zero-order valence-electron chi connectivity index (χ0n) is 19.1. The Balaban J connectivity index is 1.49. The van der Waals surface area contributed by atoms with Crippen LogP contribution in [0.2, 0.25) is 5.02 Å². The van der Waals surface area contributed by atoms with Gasteiger partial charge in [-0.05, 0) is 48.1 Å². The van der Waals surface area contributed by atoms with Crippen molar-refractivity contribution in [2.75, 3.05) is 6.54 Å². The second-order valence-electron chi connectivity index (χ2n) is 8.96. The molecule has 1 saturated carbocycles. The molecule has 4 aromatic rings. The number of rotatable bonds is 6. The van der Waals surface area contributed by atoms with E-state index in [1.807, 2.05) is 42.5 Å². The van der Waals surface area contributed by atoms with Gasteiger partial charge in [-0.3, -0.25) is 4.79 Å². The molecule has 1 N–H and O–H groups in total. The zero-order chi connectivity index (χ0) is 23.3. The minimum atomic E-state index is -0.0824. The number of nitrogens with one attached hydrogen (secondary N) is 1. The number of benzene rings is 3. The third-order valence-electron chi connectivity index (χ3n) is 6.61. The molecule has 0 aliphatic heterocycles. The molecule has 0 unspecified atom stereocenters. The number of amides is 1. The Bertz CT molecular complexity index is 1260. The molecule has 0 bridgehead atoms. The van der Waals surface area contributed by atoms with Crippen LogP contribution in [-0.4, -0.2) is 22.2 Å². The summed E-state index contributed by atoms with van der Waals surface area (Å²) in [5.74, 6) is 0.482. The predicted octanol–water partition coefficient (Wildman–Crippen LogP) is 7.17. The van der Waals surface area contributed by atoms with Crippen LogP contribution in [0.1, 0.15) is 42.5 Å². The van der Waals surface area contributed by atoms with E-state index in [9.17, 15) is 4.79 Å². The molecule has 1 aromatic heterocycles. The van der Waals surface area contributed by atoms with Gasteiger partial charge in [0.1, 0.15) is 0 Å². The average molecular weight is 470 g/mol. The lowest BCUT2D eigenvalue weighted by atomic mass is 9.89. The second kappa shape index (κ2) is 10.3. The molecule has 0 radical (unpaired) electrons. The smallest absolute Gasteiger partial charge is 0.255 e. The van der Waals surface area contributed by atoms with Crippen molar-refractivity contribution in [1.82, 2.24) is 15.1 Å². The number of hydrogen-bond acceptors (Lipinski definition) is 2. The van der Waals surface area contributed by atoms with E-state index < -0.39 is 0 Å². The molecule has 1 amide bonds. The highest BCUT2D eigenvalue weighted by molar-refractivity contribution is 6.30. The van der Waals surface area contributed by atoms with Gasteiger partial charge in [-0.25, -0.2) is 4.68 Å². The fourth-order valence-corrected chi connectivity index (χ4v) is 4.96. The summed E-state index contributed by atoms with van der Waals surface area (Å²) in [6, 6.07) is 26.1. The van der Waals surface area contributed by atoms with E-state index in [0.717, 1.165) is 28.1 Å². The van der Waals surface area contributed by atoms with Crippen LogP contribution >= 0.6 is 11.6 Å². The first-order chi connectivity index (χ1) is 16.7. The summed E-state index contributed by atoms with van der Waals surface area (Å²) in [5, 5.41) is 8.40.